The number of fused-ring (bicyclic) bond motifs is 1. The molecule has 150 valence electrons. The number of carbonyl (C=O) groups is 1. The molecule has 5 heteroatoms. The van der Waals surface area contributed by atoms with Crippen LogP contribution in [0.1, 0.15) is 54.4 Å². The van der Waals surface area contributed by atoms with Gasteiger partial charge in [-0.3, -0.25) is 9.78 Å². The third kappa shape index (κ3) is 3.44. The molecular weight excluding hydrogens is 362 g/mol. The fourth-order valence-corrected chi connectivity index (χ4v) is 4.78. The Morgan fingerprint density at radius 1 is 1.14 bits per heavy atom. The molecule has 29 heavy (non-hydrogen) atoms. The average molecular weight is 389 g/mol. The normalized spacial score (nSPS) is 23.1. The van der Waals surface area contributed by atoms with E-state index in [1.54, 1.807) is 0 Å². The summed E-state index contributed by atoms with van der Waals surface area (Å²) in [6.07, 6.45) is 9.63. The Kier molecular flexibility index (Phi) is 4.43. The van der Waals surface area contributed by atoms with Gasteiger partial charge in [0.2, 0.25) is 0 Å². The average Bonchev–Trinajstić information content (AvgIpc) is 3.29. The van der Waals surface area contributed by atoms with Gasteiger partial charge >= 0.3 is 0 Å². The molecule has 2 fully saturated rings. The highest BCUT2D eigenvalue weighted by molar-refractivity contribution is 5.97. The van der Waals surface area contributed by atoms with Crippen LogP contribution in [0.25, 0.3) is 22.2 Å². The maximum Gasteiger partial charge on any atom is 0.251 e. The zero-order chi connectivity index (χ0) is 20.0. The first-order valence-corrected chi connectivity index (χ1v) is 10.6. The molecule has 2 heterocycles. The summed E-state index contributed by atoms with van der Waals surface area (Å²) in [4.78, 5) is 20.6. The second-order valence-electron chi connectivity index (χ2n) is 8.76. The monoisotopic (exact) mass is 389 g/mol. The van der Waals surface area contributed by atoms with Crippen LogP contribution in [0.15, 0.2) is 42.7 Å². The molecule has 2 aromatic heterocycles. The van der Waals surface area contributed by atoms with Crippen molar-refractivity contribution in [3.8, 4) is 11.3 Å². The largest absolute Gasteiger partial charge is 0.390 e. The zero-order valence-corrected chi connectivity index (χ0v) is 16.7. The van der Waals surface area contributed by atoms with Crippen molar-refractivity contribution in [1.82, 2.24) is 15.3 Å². The summed E-state index contributed by atoms with van der Waals surface area (Å²) in [5.41, 5.74) is 4.44. The van der Waals surface area contributed by atoms with E-state index in [4.69, 9.17) is 0 Å². The van der Waals surface area contributed by atoms with Crippen LogP contribution >= 0.6 is 0 Å². The lowest BCUT2D eigenvalue weighted by Gasteiger charge is -2.32. The first-order valence-electron chi connectivity index (χ1n) is 10.6. The molecule has 0 saturated heterocycles. The SMILES string of the molecule is Cc1cnc(-c2ccc(C(=O)N[C@H]3CC[C@H](C4(O)CC4)CC3)cc2)c2cc[nH]c12. The van der Waals surface area contributed by atoms with Crippen molar-refractivity contribution >= 4 is 16.8 Å². The smallest absolute Gasteiger partial charge is 0.251 e. The van der Waals surface area contributed by atoms with E-state index in [0.29, 0.717) is 11.5 Å². The lowest BCUT2D eigenvalue weighted by molar-refractivity contribution is 0.0541. The first-order chi connectivity index (χ1) is 14.0. The van der Waals surface area contributed by atoms with Gasteiger partial charge in [-0.15, -0.1) is 0 Å². The molecular formula is C24H27N3O2. The van der Waals surface area contributed by atoms with Crippen molar-refractivity contribution in [2.45, 2.75) is 57.1 Å². The van der Waals surface area contributed by atoms with Crippen LogP contribution in [-0.4, -0.2) is 32.6 Å². The van der Waals surface area contributed by atoms with Gasteiger partial charge in [0.25, 0.3) is 5.91 Å². The fourth-order valence-electron chi connectivity index (χ4n) is 4.78. The quantitative estimate of drug-likeness (QED) is 0.621. The second kappa shape index (κ2) is 6.99. The summed E-state index contributed by atoms with van der Waals surface area (Å²) in [6, 6.07) is 9.95. The number of aliphatic hydroxyl groups is 1. The van der Waals surface area contributed by atoms with Crippen LogP contribution in [0.3, 0.4) is 0 Å². The number of benzene rings is 1. The number of H-pyrrole nitrogens is 1. The highest BCUT2D eigenvalue weighted by Crippen LogP contribution is 2.48. The Morgan fingerprint density at radius 3 is 2.55 bits per heavy atom. The van der Waals surface area contributed by atoms with Crippen molar-refractivity contribution in [2.24, 2.45) is 5.92 Å². The minimum absolute atomic E-state index is 0.0196. The minimum Gasteiger partial charge on any atom is -0.390 e. The number of pyridine rings is 1. The van der Waals surface area contributed by atoms with Gasteiger partial charge in [-0.05, 0) is 75.1 Å². The van der Waals surface area contributed by atoms with Gasteiger partial charge in [-0.2, -0.15) is 0 Å². The fraction of sp³-hybridized carbons (Fsp3) is 0.417. The Bertz CT molecular complexity index is 1040. The number of aromatic amines is 1. The summed E-state index contributed by atoms with van der Waals surface area (Å²) < 4.78 is 0. The van der Waals surface area contributed by atoms with Gasteiger partial charge in [-0.25, -0.2) is 0 Å². The van der Waals surface area contributed by atoms with Crippen molar-refractivity contribution in [2.75, 3.05) is 0 Å². The number of hydrogen-bond donors (Lipinski definition) is 3. The Balaban J connectivity index is 1.26. The summed E-state index contributed by atoms with van der Waals surface area (Å²) in [6.45, 7) is 2.04. The van der Waals surface area contributed by atoms with Gasteiger partial charge in [0.15, 0.2) is 0 Å². The third-order valence-corrected chi connectivity index (χ3v) is 6.79. The van der Waals surface area contributed by atoms with Gasteiger partial charge in [0, 0.05) is 34.9 Å². The highest BCUT2D eigenvalue weighted by Gasteiger charge is 2.48. The molecule has 0 bridgehead atoms. The van der Waals surface area contributed by atoms with E-state index >= 15 is 0 Å². The Labute approximate surface area is 170 Å². The molecule has 1 aromatic carbocycles. The Hall–Kier alpha value is -2.66. The summed E-state index contributed by atoms with van der Waals surface area (Å²) in [5.74, 6) is 0.399. The van der Waals surface area contributed by atoms with Gasteiger partial charge in [0.1, 0.15) is 0 Å². The number of aryl methyl sites for hydroxylation is 1. The van der Waals surface area contributed by atoms with Crippen LogP contribution < -0.4 is 5.32 Å². The van der Waals surface area contributed by atoms with Crippen molar-refractivity contribution in [3.63, 3.8) is 0 Å². The maximum atomic E-state index is 12.7. The second-order valence-corrected chi connectivity index (χ2v) is 8.76. The molecule has 0 spiro atoms. The number of nitrogens with one attached hydrogen (secondary N) is 2. The third-order valence-electron chi connectivity index (χ3n) is 6.79. The van der Waals surface area contributed by atoms with Crippen molar-refractivity contribution in [1.29, 1.82) is 0 Å². The summed E-state index contributed by atoms with van der Waals surface area (Å²) in [5, 5.41) is 14.6. The lowest BCUT2D eigenvalue weighted by atomic mass is 9.81. The van der Waals surface area contributed by atoms with Crippen LogP contribution in [0.5, 0.6) is 0 Å². The molecule has 3 N–H and O–H groups in total. The number of hydrogen-bond acceptors (Lipinski definition) is 3. The van der Waals surface area contributed by atoms with Crippen LogP contribution in [0.4, 0.5) is 0 Å². The van der Waals surface area contributed by atoms with Crippen LogP contribution in [0.2, 0.25) is 0 Å². The predicted molar refractivity (Wildman–Crippen MR) is 114 cm³/mol. The number of amides is 1. The number of rotatable bonds is 4. The maximum absolute atomic E-state index is 12.7. The molecule has 0 radical (unpaired) electrons. The zero-order valence-electron chi connectivity index (χ0n) is 16.7. The lowest BCUT2D eigenvalue weighted by Crippen LogP contribution is -2.39. The molecule has 2 saturated carbocycles. The standard InChI is InChI=1S/C24H27N3O2/c1-15-14-26-22(20-10-13-25-21(15)20)16-2-4-17(5-3-16)23(28)27-19-8-6-18(7-9-19)24(29)11-12-24/h2-5,10,13-14,18-19,25,29H,6-9,11-12H2,1H3,(H,27,28)/t18-,19-. The van der Waals surface area contributed by atoms with Gasteiger partial charge in [-0.1, -0.05) is 12.1 Å². The molecule has 0 aliphatic heterocycles. The molecule has 1 amide bonds. The van der Waals surface area contributed by atoms with Gasteiger partial charge in [0.05, 0.1) is 16.8 Å². The van der Waals surface area contributed by atoms with E-state index in [1.165, 1.54) is 0 Å². The molecule has 0 atom stereocenters. The van der Waals surface area contributed by atoms with Gasteiger partial charge < -0.3 is 15.4 Å². The van der Waals surface area contributed by atoms with Crippen molar-refractivity contribution < 1.29 is 9.90 Å². The predicted octanol–water partition coefficient (Wildman–Crippen LogP) is 4.35. The number of carbonyl (C=O) groups excluding carboxylic acids is 1. The van der Waals surface area contributed by atoms with E-state index in [9.17, 15) is 9.90 Å². The number of aromatic nitrogens is 2. The molecule has 2 aliphatic rings. The first kappa shape index (κ1) is 18.4. The molecule has 5 nitrogen and oxygen atoms in total. The van der Waals surface area contributed by atoms with E-state index < -0.39 is 0 Å². The summed E-state index contributed by atoms with van der Waals surface area (Å²) in [7, 11) is 0. The molecule has 2 aliphatic carbocycles. The Morgan fingerprint density at radius 2 is 1.86 bits per heavy atom. The topological polar surface area (TPSA) is 78.0 Å². The molecule has 3 aromatic rings. The molecule has 5 rings (SSSR count). The molecule has 0 unspecified atom stereocenters. The number of nitrogens with zero attached hydrogens (tertiary/aromatic N) is 1. The van der Waals surface area contributed by atoms with Crippen LogP contribution in [0, 0.1) is 12.8 Å². The van der Waals surface area contributed by atoms with E-state index in [1.807, 2.05) is 49.6 Å². The van der Waals surface area contributed by atoms with E-state index in [-0.39, 0.29) is 17.6 Å². The minimum atomic E-state index is -0.389. The van der Waals surface area contributed by atoms with E-state index in [0.717, 1.165) is 66.2 Å². The van der Waals surface area contributed by atoms with E-state index in [2.05, 4.69) is 15.3 Å². The van der Waals surface area contributed by atoms with Crippen molar-refractivity contribution in [3.05, 3.63) is 53.9 Å². The van der Waals surface area contributed by atoms with Crippen LogP contribution in [-0.2, 0) is 0 Å². The summed E-state index contributed by atoms with van der Waals surface area (Å²) >= 11 is 0. The highest BCUT2D eigenvalue weighted by atomic mass is 16.3.